The molecule has 0 spiro atoms. The lowest BCUT2D eigenvalue weighted by Crippen LogP contribution is -2.40. The maximum Gasteiger partial charge on any atom is 0.408 e. The number of fused-ring (bicyclic) bond motifs is 1. The first-order chi connectivity index (χ1) is 20.1. The molecule has 0 fully saturated rings. The van der Waals surface area contributed by atoms with E-state index in [2.05, 4.69) is 15.4 Å². The zero-order valence-corrected chi connectivity index (χ0v) is 24.8. The zero-order chi connectivity index (χ0) is 30.7. The number of nitrogens with zero attached hydrogens (tertiary/aromatic N) is 1. The molecule has 2 N–H and O–H groups in total. The Balaban J connectivity index is 1.63. The molecule has 4 amide bonds. The SMILES string of the molecule is COC(=O)[C@@H](C)NC(=O)CCP(=O)(OC)C(CCCCN1C(=O)c2ccccc2C1=O)NC(=O)OCc1ccccc1. The number of methoxy groups -OCH3 is 1. The van der Waals surface area contributed by atoms with Gasteiger partial charge in [-0.15, -0.1) is 0 Å². The van der Waals surface area contributed by atoms with Crippen LogP contribution in [-0.2, 0) is 34.8 Å². The zero-order valence-electron chi connectivity index (χ0n) is 23.9. The number of imide groups is 1. The Morgan fingerprint density at radius 2 is 1.52 bits per heavy atom. The standard InChI is InChI=1S/C29H36N3O9P/c1-20(28(36)39-2)30-24(33)16-18-42(38,40-3)25(31-29(37)41-19-21-11-5-4-6-12-21)15-9-10-17-32-26(34)22-13-7-8-14-23(22)27(32)35/h4-8,11-14,20,25H,9-10,15-19H2,1-3H3,(H,30,33)(H,31,37)/t20-,25?,42?/m1/s1. The van der Waals surface area contributed by atoms with E-state index >= 15 is 0 Å². The van der Waals surface area contributed by atoms with E-state index in [1.807, 2.05) is 6.07 Å². The third-order valence-electron chi connectivity index (χ3n) is 6.85. The van der Waals surface area contributed by atoms with E-state index in [4.69, 9.17) is 9.26 Å². The molecule has 226 valence electrons. The van der Waals surface area contributed by atoms with Gasteiger partial charge in [-0.25, -0.2) is 9.59 Å². The summed E-state index contributed by atoms with van der Waals surface area (Å²) in [6, 6.07) is 14.7. The molecule has 1 aliphatic rings. The van der Waals surface area contributed by atoms with Crippen molar-refractivity contribution in [2.24, 2.45) is 0 Å². The summed E-state index contributed by atoms with van der Waals surface area (Å²) in [7, 11) is -1.23. The summed E-state index contributed by atoms with van der Waals surface area (Å²) in [6.45, 7) is 1.59. The quantitative estimate of drug-likeness (QED) is 0.134. The number of carbonyl (C=O) groups excluding carboxylic acids is 5. The second-order valence-electron chi connectivity index (χ2n) is 9.72. The topological polar surface area (TPSA) is 157 Å². The third kappa shape index (κ3) is 8.50. The maximum absolute atomic E-state index is 13.9. The first-order valence-electron chi connectivity index (χ1n) is 13.5. The summed E-state index contributed by atoms with van der Waals surface area (Å²) in [5, 5.41) is 5.10. The molecule has 0 saturated heterocycles. The molecular formula is C29H36N3O9P. The molecule has 2 aromatic carbocycles. The molecule has 3 atom stereocenters. The van der Waals surface area contributed by atoms with Crippen LogP contribution >= 0.6 is 7.37 Å². The molecular weight excluding hydrogens is 565 g/mol. The number of nitrogens with one attached hydrogen (secondary N) is 2. The van der Waals surface area contributed by atoms with Crippen LogP contribution < -0.4 is 10.6 Å². The molecule has 0 saturated carbocycles. The van der Waals surface area contributed by atoms with Gasteiger partial charge in [-0.05, 0) is 43.9 Å². The van der Waals surface area contributed by atoms with Crippen molar-refractivity contribution in [2.75, 3.05) is 26.9 Å². The van der Waals surface area contributed by atoms with Gasteiger partial charge in [0.15, 0.2) is 0 Å². The van der Waals surface area contributed by atoms with Crippen LogP contribution in [0, 0.1) is 0 Å². The summed E-state index contributed by atoms with van der Waals surface area (Å²) in [4.78, 5) is 63.2. The highest BCUT2D eigenvalue weighted by Crippen LogP contribution is 2.52. The molecule has 42 heavy (non-hydrogen) atoms. The average molecular weight is 602 g/mol. The summed E-state index contributed by atoms with van der Waals surface area (Å²) < 4.78 is 29.2. The Kier molecular flexibility index (Phi) is 11.8. The molecule has 2 aromatic rings. The van der Waals surface area contributed by atoms with Gasteiger partial charge in [-0.2, -0.15) is 0 Å². The van der Waals surface area contributed by atoms with Crippen LogP contribution in [0.15, 0.2) is 54.6 Å². The lowest BCUT2D eigenvalue weighted by atomic mass is 10.1. The van der Waals surface area contributed by atoms with Crippen molar-refractivity contribution in [3.05, 3.63) is 71.3 Å². The second kappa shape index (κ2) is 15.3. The number of hydrogen-bond acceptors (Lipinski definition) is 9. The van der Waals surface area contributed by atoms with Crippen molar-refractivity contribution in [2.45, 2.75) is 51.0 Å². The average Bonchev–Trinajstić information content (AvgIpc) is 3.25. The van der Waals surface area contributed by atoms with Crippen molar-refractivity contribution in [3.63, 3.8) is 0 Å². The van der Waals surface area contributed by atoms with Gasteiger partial charge in [0.2, 0.25) is 13.3 Å². The molecule has 1 aliphatic heterocycles. The van der Waals surface area contributed by atoms with Crippen molar-refractivity contribution in [3.8, 4) is 0 Å². The Hall–Kier alpha value is -4.02. The Morgan fingerprint density at radius 3 is 2.12 bits per heavy atom. The van der Waals surface area contributed by atoms with Gasteiger partial charge in [0.1, 0.15) is 18.4 Å². The largest absolute Gasteiger partial charge is 0.467 e. The highest BCUT2D eigenvalue weighted by Gasteiger charge is 2.37. The number of ether oxygens (including phenoxy) is 2. The fourth-order valence-electron chi connectivity index (χ4n) is 4.50. The smallest absolute Gasteiger partial charge is 0.408 e. The van der Waals surface area contributed by atoms with Crippen LogP contribution in [0.5, 0.6) is 0 Å². The highest BCUT2D eigenvalue weighted by atomic mass is 31.2. The number of unbranched alkanes of at least 4 members (excludes halogenated alkanes) is 1. The van der Waals surface area contributed by atoms with Crippen LogP contribution in [0.25, 0.3) is 0 Å². The van der Waals surface area contributed by atoms with E-state index in [0.717, 1.165) is 5.56 Å². The van der Waals surface area contributed by atoms with Gasteiger partial charge >= 0.3 is 12.1 Å². The van der Waals surface area contributed by atoms with Crippen molar-refractivity contribution in [1.82, 2.24) is 15.5 Å². The molecule has 2 unspecified atom stereocenters. The van der Waals surface area contributed by atoms with Crippen LogP contribution in [-0.4, -0.2) is 73.4 Å². The minimum atomic E-state index is -3.66. The highest BCUT2D eigenvalue weighted by molar-refractivity contribution is 7.59. The molecule has 12 nitrogen and oxygen atoms in total. The molecule has 3 rings (SSSR count). The normalized spacial score (nSPS) is 15.3. The predicted molar refractivity (Wildman–Crippen MR) is 153 cm³/mol. The lowest BCUT2D eigenvalue weighted by molar-refractivity contribution is -0.144. The fraction of sp³-hybridized carbons (Fsp3) is 0.414. The maximum atomic E-state index is 13.9. The van der Waals surface area contributed by atoms with Crippen LogP contribution in [0.1, 0.15) is 58.9 Å². The predicted octanol–water partition coefficient (Wildman–Crippen LogP) is 3.70. The summed E-state index contributed by atoms with van der Waals surface area (Å²) in [6.07, 6.45) is -0.358. The first kappa shape index (κ1) is 32.5. The second-order valence-corrected chi connectivity index (χ2v) is 12.6. The third-order valence-corrected chi connectivity index (χ3v) is 9.65. The number of alkyl carbamates (subject to hydrolysis) is 1. The van der Waals surface area contributed by atoms with Crippen LogP contribution in [0.3, 0.4) is 0 Å². The molecule has 0 aliphatic carbocycles. The van der Waals surface area contributed by atoms with Gasteiger partial charge in [-0.1, -0.05) is 42.5 Å². The molecule has 0 bridgehead atoms. The fourth-order valence-corrected chi connectivity index (χ4v) is 6.64. The number of amides is 4. The molecule has 0 aromatic heterocycles. The first-order valence-corrected chi connectivity index (χ1v) is 15.4. The van der Waals surface area contributed by atoms with Gasteiger partial charge in [0.05, 0.1) is 18.2 Å². The van der Waals surface area contributed by atoms with E-state index in [-0.39, 0.29) is 44.0 Å². The van der Waals surface area contributed by atoms with Crippen LogP contribution in [0.4, 0.5) is 4.79 Å². The monoisotopic (exact) mass is 601 g/mol. The Morgan fingerprint density at radius 1 is 0.905 bits per heavy atom. The summed E-state index contributed by atoms with van der Waals surface area (Å²) in [5.41, 5.74) is 1.47. The minimum absolute atomic E-state index is 0.00968. The van der Waals surface area contributed by atoms with Crippen molar-refractivity contribution >= 4 is 37.2 Å². The van der Waals surface area contributed by atoms with Crippen molar-refractivity contribution in [1.29, 1.82) is 0 Å². The number of carbonyl (C=O) groups is 5. The molecule has 13 heteroatoms. The number of benzene rings is 2. The van der Waals surface area contributed by atoms with Gasteiger partial charge in [-0.3, -0.25) is 23.8 Å². The number of rotatable bonds is 15. The van der Waals surface area contributed by atoms with E-state index in [0.29, 0.717) is 24.0 Å². The summed E-state index contributed by atoms with van der Waals surface area (Å²) >= 11 is 0. The number of esters is 1. The Bertz CT molecular complexity index is 1300. The van der Waals surface area contributed by atoms with Gasteiger partial charge in [0, 0.05) is 26.2 Å². The Labute approximate surface area is 244 Å². The van der Waals surface area contributed by atoms with E-state index in [1.54, 1.807) is 48.5 Å². The molecule has 0 radical (unpaired) electrons. The number of hydrogen-bond donors (Lipinski definition) is 2. The summed E-state index contributed by atoms with van der Waals surface area (Å²) in [5.74, 6) is -2.92. The van der Waals surface area contributed by atoms with Gasteiger partial charge < -0.3 is 24.6 Å². The van der Waals surface area contributed by atoms with Crippen LogP contribution in [0.2, 0.25) is 0 Å². The molecule has 1 heterocycles. The van der Waals surface area contributed by atoms with E-state index < -0.39 is 37.2 Å². The van der Waals surface area contributed by atoms with Gasteiger partial charge in [0.25, 0.3) is 11.8 Å². The van der Waals surface area contributed by atoms with E-state index in [9.17, 15) is 28.5 Å². The minimum Gasteiger partial charge on any atom is -0.467 e. The lowest BCUT2D eigenvalue weighted by Gasteiger charge is -2.27. The van der Waals surface area contributed by atoms with Crippen molar-refractivity contribution < 1.29 is 42.5 Å². The van der Waals surface area contributed by atoms with E-state index in [1.165, 1.54) is 26.0 Å².